The average Bonchev–Trinajstić information content (AvgIpc) is 2.53. The van der Waals surface area contributed by atoms with Crippen LogP contribution in [-0.2, 0) is 4.79 Å². The summed E-state index contributed by atoms with van der Waals surface area (Å²) in [6.45, 7) is 5.66. The third-order valence-corrected chi connectivity index (χ3v) is 4.01. The summed E-state index contributed by atoms with van der Waals surface area (Å²) in [7, 11) is 0. The van der Waals surface area contributed by atoms with Gasteiger partial charge >= 0.3 is 6.03 Å². The lowest BCUT2D eigenvalue weighted by Crippen LogP contribution is -2.48. The summed E-state index contributed by atoms with van der Waals surface area (Å²) in [5.41, 5.74) is 5.99. The van der Waals surface area contributed by atoms with E-state index in [1.807, 2.05) is 0 Å². The van der Waals surface area contributed by atoms with Gasteiger partial charge in [0.2, 0.25) is 0 Å². The average molecular weight is 385 g/mol. The van der Waals surface area contributed by atoms with Crippen LogP contribution in [0.3, 0.4) is 0 Å². The van der Waals surface area contributed by atoms with E-state index in [0.29, 0.717) is 28.8 Å². The highest BCUT2D eigenvalue weighted by atomic mass is 35.5. The van der Waals surface area contributed by atoms with Gasteiger partial charge in [-0.1, -0.05) is 35.8 Å². The summed E-state index contributed by atoms with van der Waals surface area (Å²) in [5, 5.41) is 8.30. The first-order valence-electron chi connectivity index (χ1n) is 7.44. The molecule has 1 aromatic rings. The number of rotatable bonds is 6. The van der Waals surface area contributed by atoms with Crippen molar-refractivity contribution in [3.63, 3.8) is 0 Å². The normalized spacial score (nSPS) is 15.3. The Labute approximate surface area is 155 Å². The molecule has 9 heteroatoms. The van der Waals surface area contributed by atoms with E-state index in [1.165, 1.54) is 0 Å². The van der Waals surface area contributed by atoms with Crippen LogP contribution in [0.4, 0.5) is 4.79 Å². The number of hydrogen-bond donors (Lipinski definition) is 4. The Bertz CT molecular complexity index is 729. The zero-order valence-corrected chi connectivity index (χ0v) is 15.0. The number of amides is 3. The maximum Gasteiger partial charge on any atom is 0.323 e. The second kappa shape index (κ2) is 8.13. The predicted molar refractivity (Wildman–Crippen MR) is 96.2 cm³/mol. The molecule has 1 heterocycles. The number of halogens is 2. The van der Waals surface area contributed by atoms with Gasteiger partial charge in [0.25, 0.3) is 5.91 Å². The lowest BCUT2D eigenvalue weighted by Gasteiger charge is -2.22. The molecule has 1 aliphatic heterocycles. The predicted octanol–water partition coefficient (Wildman–Crippen LogP) is 2.26. The van der Waals surface area contributed by atoms with Crippen LogP contribution in [0.1, 0.15) is 13.3 Å². The van der Waals surface area contributed by atoms with Crippen LogP contribution < -0.4 is 26.4 Å². The van der Waals surface area contributed by atoms with Crippen LogP contribution in [0.5, 0.6) is 5.75 Å². The second-order valence-electron chi connectivity index (χ2n) is 5.41. The quantitative estimate of drug-likeness (QED) is 0.603. The number of ether oxygens (including phenoxy) is 1. The van der Waals surface area contributed by atoms with E-state index in [0.717, 1.165) is 0 Å². The third kappa shape index (κ3) is 4.80. The molecule has 0 bridgehead atoms. The van der Waals surface area contributed by atoms with Crippen molar-refractivity contribution in [2.24, 2.45) is 5.73 Å². The van der Waals surface area contributed by atoms with Crippen LogP contribution in [0.2, 0.25) is 10.0 Å². The van der Waals surface area contributed by atoms with Gasteiger partial charge in [0.05, 0.1) is 28.0 Å². The van der Waals surface area contributed by atoms with Gasteiger partial charge in [0.1, 0.15) is 5.70 Å². The molecule has 0 fully saturated rings. The Kier molecular flexibility index (Phi) is 6.17. The zero-order chi connectivity index (χ0) is 18.6. The molecule has 3 amide bonds. The van der Waals surface area contributed by atoms with Gasteiger partial charge < -0.3 is 26.4 Å². The summed E-state index contributed by atoms with van der Waals surface area (Å²) >= 11 is 12.0. The van der Waals surface area contributed by atoms with Crippen molar-refractivity contribution in [3.8, 4) is 5.75 Å². The van der Waals surface area contributed by atoms with Gasteiger partial charge in [0.15, 0.2) is 5.75 Å². The van der Waals surface area contributed by atoms with Crippen molar-refractivity contribution in [3.05, 3.63) is 51.9 Å². The summed E-state index contributed by atoms with van der Waals surface area (Å²) < 4.78 is 5.57. The molecule has 0 unspecified atom stereocenters. The Morgan fingerprint density at radius 2 is 2.00 bits per heavy atom. The number of urea groups is 1. The molecular weight excluding hydrogens is 367 g/mol. The fraction of sp³-hybridized carbons (Fsp3) is 0.250. The maximum atomic E-state index is 12.2. The minimum Gasteiger partial charge on any atom is -0.490 e. The maximum absolute atomic E-state index is 12.2. The van der Waals surface area contributed by atoms with Crippen molar-refractivity contribution in [1.29, 1.82) is 0 Å². The molecule has 25 heavy (non-hydrogen) atoms. The first-order chi connectivity index (χ1) is 11.8. The van der Waals surface area contributed by atoms with Gasteiger partial charge in [-0.05, 0) is 19.1 Å². The van der Waals surface area contributed by atoms with Gasteiger partial charge in [-0.3, -0.25) is 4.79 Å². The molecule has 0 saturated heterocycles. The molecule has 0 spiro atoms. The molecule has 2 rings (SSSR count). The molecule has 1 aliphatic rings. The largest absolute Gasteiger partial charge is 0.490 e. The molecule has 0 saturated carbocycles. The highest BCUT2D eigenvalue weighted by Gasteiger charge is 2.24. The van der Waals surface area contributed by atoms with Crippen molar-refractivity contribution >= 4 is 35.1 Å². The number of benzene rings is 1. The topological polar surface area (TPSA) is 105 Å². The van der Waals surface area contributed by atoms with Crippen LogP contribution in [0.25, 0.3) is 0 Å². The summed E-state index contributed by atoms with van der Waals surface area (Å²) in [6, 6.07) is 4.27. The molecule has 0 radical (unpaired) electrons. The van der Waals surface area contributed by atoms with Crippen LogP contribution in [0.15, 0.2) is 41.9 Å². The smallest absolute Gasteiger partial charge is 0.323 e. The highest BCUT2D eigenvalue weighted by molar-refractivity contribution is 6.37. The van der Waals surface area contributed by atoms with E-state index in [2.05, 4.69) is 22.5 Å². The molecule has 1 atom stereocenters. The minimum absolute atomic E-state index is 0.0318. The number of para-hydroxylation sites is 1. The summed E-state index contributed by atoms with van der Waals surface area (Å²) in [5.74, 6) is -0.102. The second-order valence-corrected chi connectivity index (χ2v) is 6.22. The van der Waals surface area contributed by atoms with Crippen molar-refractivity contribution in [2.45, 2.75) is 19.4 Å². The Morgan fingerprint density at radius 3 is 2.64 bits per heavy atom. The zero-order valence-electron chi connectivity index (χ0n) is 13.5. The first-order valence-corrected chi connectivity index (χ1v) is 8.20. The molecule has 5 N–H and O–H groups in total. The Balaban J connectivity index is 1.89. The molecular formula is C16H18Cl2N4O3. The Hall–Kier alpha value is -2.38. The fourth-order valence-corrected chi connectivity index (χ4v) is 2.58. The van der Waals surface area contributed by atoms with Crippen LogP contribution in [0, 0.1) is 0 Å². The van der Waals surface area contributed by atoms with E-state index in [9.17, 15) is 9.59 Å². The Morgan fingerprint density at radius 1 is 1.36 bits per heavy atom. The summed E-state index contributed by atoms with van der Waals surface area (Å²) in [6.07, 6.45) is 0.494. The number of nitrogens with two attached hydrogens (primary N) is 1. The number of carbonyl (C=O) groups is 2. The standard InChI is InChI=1S/C16H18Cl2N4O3/c1-8(6-7-25-14-10(17)4-3-5-11(14)18)20-15(23)13-12(19)9(2)21-16(24)22-13/h3-5,8H,2,6-7,19H2,1H3,(H,20,23)(H2,21,22,24)/t8-/m1/s1. The number of nitrogens with one attached hydrogen (secondary N) is 3. The molecule has 7 nitrogen and oxygen atoms in total. The van der Waals surface area contributed by atoms with E-state index < -0.39 is 11.9 Å². The van der Waals surface area contributed by atoms with E-state index >= 15 is 0 Å². The third-order valence-electron chi connectivity index (χ3n) is 3.42. The van der Waals surface area contributed by atoms with E-state index in [-0.39, 0.29) is 23.1 Å². The molecule has 134 valence electrons. The van der Waals surface area contributed by atoms with Gasteiger partial charge in [-0.2, -0.15) is 0 Å². The van der Waals surface area contributed by atoms with Gasteiger partial charge in [-0.15, -0.1) is 0 Å². The van der Waals surface area contributed by atoms with Crippen LogP contribution >= 0.6 is 23.2 Å². The molecule has 0 aromatic heterocycles. The minimum atomic E-state index is -0.561. The SMILES string of the molecule is C=C1NC(=O)NC(C(=O)N[C@H](C)CCOc2c(Cl)cccc2Cl)=C1N. The van der Waals surface area contributed by atoms with Crippen molar-refractivity contribution in [2.75, 3.05) is 6.61 Å². The molecule has 0 aliphatic carbocycles. The first kappa shape index (κ1) is 19.0. The van der Waals surface area contributed by atoms with E-state index in [4.69, 9.17) is 33.7 Å². The van der Waals surface area contributed by atoms with Gasteiger partial charge in [0, 0.05) is 12.5 Å². The monoisotopic (exact) mass is 384 g/mol. The number of carbonyl (C=O) groups excluding carboxylic acids is 2. The lowest BCUT2D eigenvalue weighted by atomic mass is 10.2. The number of hydrogen-bond acceptors (Lipinski definition) is 4. The summed E-state index contributed by atoms with van der Waals surface area (Å²) in [4.78, 5) is 23.7. The molecule has 1 aromatic carbocycles. The lowest BCUT2D eigenvalue weighted by molar-refractivity contribution is -0.118. The van der Waals surface area contributed by atoms with E-state index in [1.54, 1.807) is 25.1 Å². The van der Waals surface area contributed by atoms with Gasteiger partial charge in [-0.25, -0.2) is 4.79 Å². The van der Waals surface area contributed by atoms with Crippen LogP contribution in [-0.4, -0.2) is 24.6 Å². The fourth-order valence-electron chi connectivity index (χ4n) is 2.07. The highest BCUT2D eigenvalue weighted by Crippen LogP contribution is 2.32. The van der Waals surface area contributed by atoms with Crippen molar-refractivity contribution < 1.29 is 14.3 Å². The van der Waals surface area contributed by atoms with Crippen molar-refractivity contribution in [1.82, 2.24) is 16.0 Å².